The highest BCUT2D eigenvalue weighted by molar-refractivity contribution is 7.01. The Bertz CT molecular complexity index is 117. The van der Waals surface area contributed by atoms with Crippen molar-refractivity contribution in [3.8, 4) is 0 Å². The molecule has 56 valence electrons. The van der Waals surface area contributed by atoms with Gasteiger partial charge in [0.25, 0.3) is 0 Å². The Morgan fingerprint density at radius 1 is 1.27 bits per heavy atom. The van der Waals surface area contributed by atoms with Crippen molar-refractivity contribution in [2.75, 3.05) is 0 Å². The Morgan fingerprint density at radius 2 is 1.91 bits per heavy atom. The first kappa shape index (κ1) is 10.3. The summed E-state index contributed by atoms with van der Waals surface area (Å²) in [7, 11) is 4.94. The van der Waals surface area contributed by atoms with Crippen molar-refractivity contribution in [3.05, 3.63) is 30.6 Å². The van der Waals surface area contributed by atoms with Crippen LogP contribution < -0.4 is 0 Å². The molecule has 0 N–H and O–H groups in total. The molecule has 0 amide bonds. The number of rotatable bonds is 2. The highest BCUT2D eigenvalue weighted by Gasteiger charge is 1.76. The average molecular weight is 145 g/mol. The molecule has 0 saturated heterocycles. The van der Waals surface area contributed by atoms with Crippen LogP contribution in [0.5, 0.6) is 0 Å². The summed E-state index contributed by atoms with van der Waals surface area (Å²) in [5.74, 6) is 0. The van der Waals surface area contributed by atoms with E-state index < -0.39 is 0 Å². The lowest BCUT2D eigenvalue weighted by atomic mass is 9.37. The molecule has 0 atom stereocenters. The third-order valence-corrected chi connectivity index (χ3v) is 1.27. The van der Waals surface area contributed by atoms with Crippen molar-refractivity contribution < 1.29 is 0 Å². The van der Waals surface area contributed by atoms with Gasteiger partial charge in [-0.05, 0) is 12.1 Å². The number of nitrogens with zero attached hydrogens (tertiary/aromatic N) is 1. The third-order valence-electron chi connectivity index (χ3n) is 1.27. The maximum atomic E-state index is 3.78. The molecule has 4 heteroatoms. The standard InChI is InChI=1S/C5H5N.C2H9B3/c1-2-4-6-5-3-1;1-4-5-2-3/h1-5H;4-5H,2-3H2,1H3. The summed E-state index contributed by atoms with van der Waals surface area (Å²) >= 11 is 0. The van der Waals surface area contributed by atoms with Gasteiger partial charge in [-0.25, -0.2) is 0 Å². The van der Waals surface area contributed by atoms with E-state index in [-0.39, 0.29) is 0 Å². The van der Waals surface area contributed by atoms with Crippen LogP contribution in [0.25, 0.3) is 0 Å². The second-order valence-electron chi connectivity index (χ2n) is 2.38. The van der Waals surface area contributed by atoms with Crippen LogP contribution in [0.4, 0.5) is 0 Å². The predicted molar refractivity (Wildman–Crippen MR) is 57.8 cm³/mol. The number of hydrogen-bond donors (Lipinski definition) is 0. The fourth-order valence-electron chi connectivity index (χ4n) is 0.666. The lowest BCUT2D eigenvalue weighted by Gasteiger charge is -1.72. The van der Waals surface area contributed by atoms with Crippen LogP contribution in [0, 0.1) is 0 Å². The van der Waals surface area contributed by atoms with E-state index >= 15 is 0 Å². The minimum absolute atomic E-state index is 1.34. The van der Waals surface area contributed by atoms with E-state index in [0.717, 1.165) is 0 Å². The van der Waals surface area contributed by atoms with Crippen molar-refractivity contribution in [1.82, 2.24) is 4.98 Å². The molecule has 0 aliphatic rings. The highest BCUT2D eigenvalue weighted by Crippen LogP contribution is 1.73. The summed E-state index contributed by atoms with van der Waals surface area (Å²) in [5, 5.41) is 0. The lowest BCUT2D eigenvalue weighted by molar-refractivity contribution is 1.33. The molecule has 1 rings (SSSR count). The quantitative estimate of drug-likeness (QED) is 0.529. The van der Waals surface area contributed by atoms with E-state index in [2.05, 4.69) is 19.7 Å². The van der Waals surface area contributed by atoms with E-state index in [1.54, 1.807) is 12.4 Å². The van der Waals surface area contributed by atoms with Gasteiger partial charge in [-0.1, -0.05) is 12.9 Å². The normalized spacial score (nSPS) is 7.36. The van der Waals surface area contributed by atoms with Crippen molar-refractivity contribution >= 4 is 22.2 Å². The zero-order valence-electron chi connectivity index (χ0n) is 7.46. The van der Waals surface area contributed by atoms with Gasteiger partial charge in [0.2, 0.25) is 0 Å². The smallest absolute Gasteiger partial charge is 0.0921 e. The van der Waals surface area contributed by atoms with Crippen molar-refractivity contribution in [2.45, 2.75) is 13.0 Å². The lowest BCUT2D eigenvalue weighted by Crippen LogP contribution is -1.94. The van der Waals surface area contributed by atoms with Gasteiger partial charge in [0.05, 0.1) is 22.2 Å². The van der Waals surface area contributed by atoms with Crippen LogP contribution in [0.1, 0.15) is 0 Å². The van der Waals surface area contributed by atoms with E-state index in [1.807, 2.05) is 18.2 Å². The first-order chi connectivity index (χ1) is 5.41. The monoisotopic (exact) mass is 145 g/mol. The van der Waals surface area contributed by atoms with Crippen LogP contribution >= 0.6 is 0 Å². The summed E-state index contributed by atoms with van der Waals surface area (Å²) in [6.45, 7) is 2.21. The second-order valence-corrected chi connectivity index (χ2v) is 2.38. The second kappa shape index (κ2) is 9.34. The third kappa shape index (κ3) is 9.34. The average Bonchev–Trinajstić information content (AvgIpc) is 2.10. The van der Waals surface area contributed by atoms with Crippen molar-refractivity contribution in [1.29, 1.82) is 0 Å². The Labute approximate surface area is 71.5 Å². The number of pyridine rings is 1. The molecule has 0 spiro atoms. The van der Waals surface area contributed by atoms with Crippen LogP contribution in [0.3, 0.4) is 0 Å². The molecule has 0 aliphatic carbocycles. The van der Waals surface area contributed by atoms with Gasteiger partial charge in [-0.15, -0.1) is 6.22 Å². The zero-order chi connectivity index (χ0) is 8.36. The van der Waals surface area contributed by atoms with Gasteiger partial charge in [-0.3, -0.25) is 4.98 Å². The fourth-order valence-corrected chi connectivity index (χ4v) is 0.666. The predicted octanol–water partition coefficient (Wildman–Crippen LogP) is -0.0870. The van der Waals surface area contributed by atoms with Gasteiger partial charge in [0.15, 0.2) is 0 Å². The molecule has 0 aliphatic heterocycles. The molecule has 0 fully saturated rings. The largest absolute Gasteiger partial charge is 0.265 e. The van der Waals surface area contributed by atoms with Crippen LogP contribution in [0.15, 0.2) is 30.6 Å². The molecule has 1 nitrogen and oxygen atoms in total. The van der Waals surface area contributed by atoms with Gasteiger partial charge in [0, 0.05) is 12.4 Å². The molecule has 1 heterocycles. The SMILES string of the molecule is BCBBC.c1ccncc1. The molecule has 0 radical (unpaired) electrons. The van der Waals surface area contributed by atoms with Crippen LogP contribution in [0.2, 0.25) is 13.0 Å². The summed E-state index contributed by atoms with van der Waals surface area (Å²) < 4.78 is 0. The highest BCUT2D eigenvalue weighted by atomic mass is 14.6. The molecular weight excluding hydrogens is 131 g/mol. The molecule has 0 unspecified atom stereocenters. The first-order valence-electron chi connectivity index (χ1n) is 4.26. The topological polar surface area (TPSA) is 12.9 Å². The Hall–Kier alpha value is -0.655. The van der Waals surface area contributed by atoms with Gasteiger partial charge in [0.1, 0.15) is 0 Å². The summed E-state index contributed by atoms with van der Waals surface area (Å²) in [6, 6.07) is 5.72. The Balaban J connectivity index is 0.000000187. The van der Waals surface area contributed by atoms with Crippen molar-refractivity contribution in [3.63, 3.8) is 0 Å². The van der Waals surface area contributed by atoms with E-state index in [4.69, 9.17) is 0 Å². The Morgan fingerprint density at radius 3 is 2.00 bits per heavy atom. The maximum Gasteiger partial charge on any atom is 0.0921 e. The molecule has 1 aromatic heterocycles. The molecule has 11 heavy (non-hydrogen) atoms. The van der Waals surface area contributed by atoms with Crippen LogP contribution in [-0.4, -0.2) is 27.2 Å². The summed E-state index contributed by atoms with van der Waals surface area (Å²) in [4.78, 5) is 3.78. The molecule has 0 saturated carbocycles. The first-order valence-corrected chi connectivity index (χ1v) is 4.26. The summed E-state index contributed by atoms with van der Waals surface area (Å²) in [6.07, 6.45) is 4.84. The van der Waals surface area contributed by atoms with E-state index in [0.29, 0.717) is 0 Å². The van der Waals surface area contributed by atoms with Crippen LogP contribution in [-0.2, 0) is 0 Å². The van der Waals surface area contributed by atoms with Gasteiger partial charge >= 0.3 is 0 Å². The maximum absolute atomic E-state index is 3.78. The van der Waals surface area contributed by atoms with Crippen molar-refractivity contribution in [2.24, 2.45) is 0 Å². The minimum Gasteiger partial charge on any atom is -0.265 e. The van der Waals surface area contributed by atoms with E-state index in [9.17, 15) is 0 Å². The van der Waals surface area contributed by atoms with E-state index in [1.165, 1.54) is 20.6 Å². The summed E-state index contributed by atoms with van der Waals surface area (Å²) in [5.41, 5.74) is 0. The molecule has 0 bridgehead atoms. The fraction of sp³-hybridized carbons (Fsp3) is 0.286. The molecule has 1 aromatic rings. The number of hydrogen-bond acceptors (Lipinski definition) is 1. The molecule has 0 aromatic carbocycles. The van der Waals surface area contributed by atoms with Gasteiger partial charge < -0.3 is 0 Å². The zero-order valence-corrected chi connectivity index (χ0v) is 7.46. The number of aromatic nitrogens is 1. The van der Waals surface area contributed by atoms with Gasteiger partial charge in [-0.2, -0.15) is 0 Å². The minimum atomic E-state index is 1.34. The Kier molecular flexibility index (Phi) is 8.79. The molecular formula is C7H14B3N.